The average molecular weight is 332 g/mol. The number of carbonyl (C=O) groups is 1. The van der Waals surface area contributed by atoms with Gasteiger partial charge in [-0.3, -0.25) is 9.59 Å². The molecule has 0 spiro atoms. The Hall–Kier alpha value is -2.02. The molecule has 1 amide bonds. The normalized spacial score (nSPS) is 14.2. The molecule has 0 saturated heterocycles. The van der Waals surface area contributed by atoms with Crippen molar-refractivity contribution in [3.05, 3.63) is 38.2 Å². The summed E-state index contributed by atoms with van der Waals surface area (Å²) < 4.78 is 1.26. The number of fused-ring (bicyclic) bond motifs is 1. The first-order valence-corrected chi connectivity index (χ1v) is 8.68. The Morgan fingerprint density at radius 2 is 2.09 bits per heavy atom. The summed E-state index contributed by atoms with van der Waals surface area (Å²) in [6.07, 6.45) is 5.13. The van der Waals surface area contributed by atoms with E-state index in [1.165, 1.54) is 16.0 Å². The third-order valence-corrected chi connectivity index (χ3v) is 5.08. The van der Waals surface area contributed by atoms with Gasteiger partial charge in [-0.1, -0.05) is 6.42 Å². The van der Waals surface area contributed by atoms with E-state index in [0.29, 0.717) is 5.13 Å². The van der Waals surface area contributed by atoms with Crippen molar-refractivity contribution in [2.24, 2.45) is 0 Å². The van der Waals surface area contributed by atoms with Gasteiger partial charge in [0.1, 0.15) is 6.54 Å². The number of thiazole rings is 1. The van der Waals surface area contributed by atoms with Crippen molar-refractivity contribution < 1.29 is 4.79 Å². The van der Waals surface area contributed by atoms with Crippen molar-refractivity contribution in [2.75, 3.05) is 5.32 Å². The van der Waals surface area contributed by atoms with E-state index in [0.717, 1.165) is 53.9 Å². The molecule has 2 heterocycles. The number of amides is 1. The van der Waals surface area contributed by atoms with Crippen LogP contribution in [0.4, 0.5) is 5.13 Å². The number of hydrogen-bond donors (Lipinski definition) is 1. The van der Waals surface area contributed by atoms with Crippen LogP contribution in [0.3, 0.4) is 0 Å². The van der Waals surface area contributed by atoms with Gasteiger partial charge >= 0.3 is 0 Å². The lowest BCUT2D eigenvalue weighted by Crippen LogP contribution is -2.30. The summed E-state index contributed by atoms with van der Waals surface area (Å²) in [4.78, 5) is 29.6. The molecule has 2 aromatic heterocycles. The van der Waals surface area contributed by atoms with Crippen LogP contribution >= 0.6 is 11.3 Å². The Morgan fingerprint density at radius 1 is 1.30 bits per heavy atom. The first-order chi connectivity index (χ1) is 11.0. The second-order valence-electron chi connectivity index (χ2n) is 5.88. The van der Waals surface area contributed by atoms with Gasteiger partial charge in [-0.2, -0.15) is 5.10 Å². The number of nitrogens with zero attached hydrogens (tertiary/aromatic N) is 3. The Bertz CT molecular complexity index is 774. The zero-order valence-corrected chi connectivity index (χ0v) is 14.2. The van der Waals surface area contributed by atoms with Gasteiger partial charge in [-0.05, 0) is 45.1 Å². The fourth-order valence-electron chi connectivity index (χ4n) is 2.71. The lowest BCUT2D eigenvalue weighted by atomic mass is 10.1. The summed E-state index contributed by atoms with van der Waals surface area (Å²) in [5.74, 6) is -0.276. The van der Waals surface area contributed by atoms with E-state index in [2.05, 4.69) is 15.4 Å². The molecule has 3 rings (SSSR count). The van der Waals surface area contributed by atoms with Crippen LogP contribution in [0.5, 0.6) is 0 Å². The average Bonchev–Trinajstić information content (AvgIpc) is 2.69. The molecule has 0 bridgehead atoms. The molecule has 0 atom stereocenters. The number of rotatable bonds is 3. The maximum atomic E-state index is 12.2. The number of carbonyl (C=O) groups excluding carboxylic acids is 1. The maximum absolute atomic E-state index is 12.2. The predicted octanol–water partition coefficient (Wildman–Crippen LogP) is 2.22. The Kier molecular flexibility index (Phi) is 4.56. The van der Waals surface area contributed by atoms with Crippen molar-refractivity contribution in [2.45, 2.75) is 52.5 Å². The fourth-order valence-corrected chi connectivity index (χ4v) is 3.54. The van der Waals surface area contributed by atoms with Crippen LogP contribution in [0.1, 0.15) is 41.1 Å². The number of anilines is 1. The summed E-state index contributed by atoms with van der Waals surface area (Å²) in [6.45, 7) is 3.78. The van der Waals surface area contributed by atoms with E-state index < -0.39 is 0 Å². The largest absolute Gasteiger partial charge is 0.300 e. The van der Waals surface area contributed by atoms with Crippen molar-refractivity contribution in [3.63, 3.8) is 0 Å². The molecule has 0 radical (unpaired) electrons. The minimum Gasteiger partial charge on any atom is -0.300 e. The molecule has 0 aromatic carbocycles. The van der Waals surface area contributed by atoms with Gasteiger partial charge in [-0.25, -0.2) is 9.67 Å². The lowest BCUT2D eigenvalue weighted by Gasteiger charge is -2.09. The van der Waals surface area contributed by atoms with E-state index in [1.807, 2.05) is 13.8 Å². The highest BCUT2D eigenvalue weighted by atomic mass is 32.1. The zero-order valence-electron chi connectivity index (χ0n) is 13.4. The third-order valence-electron chi connectivity index (χ3n) is 4.09. The van der Waals surface area contributed by atoms with Crippen LogP contribution in [-0.4, -0.2) is 20.7 Å². The number of aromatic nitrogens is 3. The zero-order chi connectivity index (χ0) is 16.4. The summed E-state index contributed by atoms with van der Waals surface area (Å²) in [5.41, 5.74) is 2.68. The molecule has 23 heavy (non-hydrogen) atoms. The molecule has 7 heteroatoms. The molecule has 1 N–H and O–H groups in total. The lowest BCUT2D eigenvalue weighted by molar-refractivity contribution is -0.117. The second kappa shape index (κ2) is 6.62. The molecular weight excluding hydrogens is 312 g/mol. The minimum absolute atomic E-state index is 0.0796. The highest BCUT2D eigenvalue weighted by Crippen LogP contribution is 2.21. The smallest absolute Gasteiger partial charge is 0.267 e. The van der Waals surface area contributed by atoms with Crippen LogP contribution in [0.2, 0.25) is 0 Å². The molecule has 6 nitrogen and oxygen atoms in total. The molecule has 1 aliphatic rings. The highest BCUT2D eigenvalue weighted by molar-refractivity contribution is 7.15. The van der Waals surface area contributed by atoms with Gasteiger partial charge < -0.3 is 5.32 Å². The Balaban J connectivity index is 1.75. The predicted molar refractivity (Wildman–Crippen MR) is 90.0 cm³/mol. The van der Waals surface area contributed by atoms with E-state index in [9.17, 15) is 9.59 Å². The van der Waals surface area contributed by atoms with Crippen LogP contribution in [-0.2, 0) is 24.2 Å². The second-order valence-corrected chi connectivity index (χ2v) is 7.08. The van der Waals surface area contributed by atoms with Gasteiger partial charge in [-0.15, -0.1) is 11.3 Å². The summed E-state index contributed by atoms with van der Waals surface area (Å²) in [5, 5.41) is 7.71. The summed E-state index contributed by atoms with van der Waals surface area (Å²) in [7, 11) is 0. The van der Waals surface area contributed by atoms with Gasteiger partial charge in [0.25, 0.3) is 5.56 Å². The molecule has 0 unspecified atom stereocenters. The molecule has 1 aliphatic carbocycles. The molecular formula is C16H20N4O2S. The Morgan fingerprint density at radius 3 is 2.83 bits per heavy atom. The fraction of sp³-hybridized carbons (Fsp3) is 0.500. The van der Waals surface area contributed by atoms with Crippen molar-refractivity contribution in [1.82, 2.24) is 14.8 Å². The number of hydrogen-bond acceptors (Lipinski definition) is 5. The quantitative estimate of drug-likeness (QED) is 0.874. The van der Waals surface area contributed by atoms with E-state index in [4.69, 9.17) is 0 Å². The molecule has 2 aromatic rings. The van der Waals surface area contributed by atoms with Crippen LogP contribution in [0.15, 0.2) is 10.9 Å². The van der Waals surface area contributed by atoms with Gasteiger partial charge in [0.2, 0.25) is 5.91 Å². The number of nitrogens with one attached hydrogen (secondary N) is 1. The Labute approximate surface area is 138 Å². The number of aryl methyl sites for hydroxylation is 4. The first-order valence-electron chi connectivity index (χ1n) is 7.87. The topological polar surface area (TPSA) is 76.9 Å². The SMILES string of the molecule is Cc1nc(NC(=O)Cn2nc3c(cc2=O)CCCCC3)sc1C. The third kappa shape index (κ3) is 3.67. The first kappa shape index (κ1) is 15.9. The standard InChI is InChI=1S/C16H20N4O2S/c1-10-11(2)23-16(17-10)18-14(21)9-20-15(22)8-12-6-4-3-5-7-13(12)19-20/h8H,3-7,9H2,1-2H3,(H,17,18,21). The van der Waals surface area contributed by atoms with Gasteiger partial charge in [0.15, 0.2) is 5.13 Å². The van der Waals surface area contributed by atoms with Crippen LogP contribution in [0, 0.1) is 13.8 Å². The maximum Gasteiger partial charge on any atom is 0.267 e. The highest BCUT2D eigenvalue weighted by Gasteiger charge is 2.14. The monoisotopic (exact) mass is 332 g/mol. The molecule has 0 fully saturated rings. The summed E-state index contributed by atoms with van der Waals surface area (Å²) >= 11 is 1.43. The van der Waals surface area contributed by atoms with Crippen molar-refractivity contribution in [1.29, 1.82) is 0 Å². The minimum atomic E-state index is -0.276. The molecule has 0 saturated carbocycles. The van der Waals surface area contributed by atoms with E-state index in [1.54, 1.807) is 6.07 Å². The van der Waals surface area contributed by atoms with Crippen molar-refractivity contribution in [3.8, 4) is 0 Å². The molecule has 0 aliphatic heterocycles. The van der Waals surface area contributed by atoms with E-state index >= 15 is 0 Å². The van der Waals surface area contributed by atoms with Crippen LogP contribution in [0.25, 0.3) is 0 Å². The van der Waals surface area contributed by atoms with Gasteiger partial charge in [0, 0.05) is 10.9 Å². The molecule has 122 valence electrons. The van der Waals surface area contributed by atoms with Crippen LogP contribution < -0.4 is 10.9 Å². The van der Waals surface area contributed by atoms with Crippen molar-refractivity contribution >= 4 is 22.4 Å². The van der Waals surface area contributed by atoms with E-state index in [-0.39, 0.29) is 18.0 Å². The van der Waals surface area contributed by atoms with Gasteiger partial charge in [0.05, 0.1) is 11.4 Å². The summed E-state index contributed by atoms with van der Waals surface area (Å²) in [6, 6.07) is 1.64.